The average Bonchev–Trinajstić information content (AvgIpc) is 3.06. The fourth-order valence-electron chi connectivity index (χ4n) is 2.81. The van der Waals surface area contributed by atoms with Gasteiger partial charge >= 0.3 is 6.09 Å². The van der Waals surface area contributed by atoms with Crippen LogP contribution in [0.25, 0.3) is 0 Å². The van der Waals surface area contributed by atoms with Gasteiger partial charge in [0.05, 0.1) is 6.54 Å². The third-order valence-corrected chi connectivity index (χ3v) is 4.14. The van der Waals surface area contributed by atoms with Gasteiger partial charge < -0.3 is 20.3 Å². The Morgan fingerprint density at radius 1 is 1.35 bits per heavy atom. The molecule has 0 bridgehead atoms. The molecule has 0 radical (unpaired) electrons. The van der Waals surface area contributed by atoms with Crippen molar-refractivity contribution in [1.82, 2.24) is 9.80 Å². The zero-order valence-corrected chi connectivity index (χ0v) is 13.6. The molecule has 23 heavy (non-hydrogen) atoms. The van der Waals surface area contributed by atoms with E-state index in [0.29, 0.717) is 26.2 Å². The van der Waals surface area contributed by atoms with E-state index in [1.54, 1.807) is 9.80 Å². The molecule has 1 unspecified atom stereocenters. The van der Waals surface area contributed by atoms with Crippen LogP contribution in [0.4, 0.5) is 4.79 Å². The summed E-state index contributed by atoms with van der Waals surface area (Å²) in [4.78, 5) is 27.3. The Kier molecular flexibility index (Phi) is 6.40. The number of nitrogens with two attached hydrogens (primary N) is 1. The molecule has 1 atom stereocenters. The lowest BCUT2D eigenvalue weighted by Gasteiger charge is -2.24. The second-order valence-electron chi connectivity index (χ2n) is 5.78. The van der Waals surface area contributed by atoms with Gasteiger partial charge in [-0.1, -0.05) is 30.3 Å². The summed E-state index contributed by atoms with van der Waals surface area (Å²) in [5.41, 5.74) is 6.39. The highest BCUT2D eigenvalue weighted by molar-refractivity contribution is 5.78. The van der Waals surface area contributed by atoms with Crippen molar-refractivity contribution in [2.45, 2.75) is 20.0 Å². The molecular formula is C17H25N3O3. The van der Waals surface area contributed by atoms with Crippen LogP contribution in [0.15, 0.2) is 30.3 Å². The van der Waals surface area contributed by atoms with Crippen molar-refractivity contribution in [3.8, 4) is 0 Å². The molecule has 2 amide bonds. The van der Waals surface area contributed by atoms with E-state index in [1.165, 1.54) is 0 Å². The first kappa shape index (κ1) is 17.3. The Morgan fingerprint density at radius 3 is 2.74 bits per heavy atom. The van der Waals surface area contributed by atoms with Crippen LogP contribution in [0.3, 0.4) is 0 Å². The summed E-state index contributed by atoms with van der Waals surface area (Å²) in [6.07, 6.45) is 0.596. The first-order chi connectivity index (χ1) is 11.1. The molecule has 1 aliphatic rings. The summed E-state index contributed by atoms with van der Waals surface area (Å²) in [5, 5.41) is 0. The zero-order chi connectivity index (χ0) is 16.7. The fraction of sp³-hybridized carbons (Fsp3) is 0.529. The number of amides is 2. The Morgan fingerprint density at radius 2 is 2.09 bits per heavy atom. The molecule has 2 rings (SSSR count). The van der Waals surface area contributed by atoms with Crippen LogP contribution in [0, 0.1) is 5.92 Å². The normalized spacial score (nSPS) is 17.1. The molecule has 1 saturated heterocycles. The van der Waals surface area contributed by atoms with Gasteiger partial charge in [0, 0.05) is 26.2 Å². The van der Waals surface area contributed by atoms with E-state index in [1.807, 2.05) is 37.3 Å². The lowest BCUT2D eigenvalue weighted by Crippen LogP contribution is -2.40. The maximum absolute atomic E-state index is 12.1. The van der Waals surface area contributed by atoms with E-state index in [9.17, 15) is 9.59 Å². The first-order valence-corrected chi connectivity index (χ1v) is 8.07. The van der Waals surface area contributed by atoms with Crippen molar-refractivity contribution < 1.29 is 14.3 Å². The van der Waals surface area contributed by atoms with E-state index in [4.69, 9.17) is 10.5 Å². The summed E-state index contributed by atoms with van der Waals surface area (Å²) in [5.74, 6) is 0.243. The summed E-state index contributed by atoms with van der Waals surface area (Å²) >= 11 is 0. The van der Waals surface area contributed by atoms with Gasteiger partial charge in [-0.05, 0) is 24.8 Å². The Hall–Kier alpha value is -2.08. The highest BCUT2D eigenvalue weighted by atomic mass is 16.6. The Bertz CT molecular complexity index is 521. The average molecular weight is 319 g/mol. The summed E-state index contributed by atoms with van der Waals surface area (Å²) in [6, 6.07) is 9.62. The number of hydrogen-bond donors (Lipinski definition) is 1. The van der Waals surface area contributed by atoms with Gasteiger partial charge in [-0.25, -0.2) is 4.79 Å². The van der Waals surface area contributed by atoms with Gasteiger partial charge in [0.25, 0.3) is 0 Å². The van der Waals surface area contributed by atoms with Gasteiger partial charge in [-0.15, -0.1) is 0 Å². The molecule has 1 aromatic rings. The number of likely N-dealkylation sites (N-methyl/N-ethyl adjacent to an activating group) is 1. The molecule has 0 saturated carbocycles. The predicted molar refractivity (Wildman–Crippen MR) is 87.6 cm³/mol. The topological polar surface area (TPSA) is 75.9 Å². The molecule has 1 fully saturated rings. The van der Waals surface area contributed by atoms with Crippen molar-refractivity contribution in [3.63, 3.8) is 0 Å². The number of nitrogens with zero attached hydrogens (tertiary/aromatic N) is 2. The van der Waals surface area contributed by atoms with Gasteiger partial charge in [0.1, 0.15) is 6.61 Å². The van der Waals surface area contributed by atoms with Crippen LogP contribution in [0.1, 0.15) is 18.9 Å². The molecule has 1 aromatic carbocycles. The number of rotatable bonds is 6. The van der Waals surface area contributed by atoms with E-state index in [-0.39, 0.29) is 31.1 Å². The summed E-state index contributed by atoms with van der Waals surface area (Å²) < 4.78 is 5.35. The van der Waals surface area contributed by atoms with Crippen LogP contribution in [-0.2, 0) is 16.1 Å². The molecule has 6 nitrogen and oxygen atoms in total. The molecule has 126 valence electrons. The Labute approximate surface area is 137 Å². The van der Waals surface area contributed by atoms with E-state index in [0.717, 1.165) is 12.0 Å². The maximum atomic E-state index is 12.1. The third-order valence-electron chi connectivity index (χ3n) is 4.14. The quantitative estimate of drug-likeness (QED) is 0.861. The zero-order valence-electron chi connectivity index (χ0n) is 13.6. The number of benzene rings is 1. The minimum atomic E-state index is -0.287. The van der Waals surface area contributed by atoms with Crippen LogP contribution < -0.4 is 5.73 Å². The van der Waals surface area contributed by atoms with Gasteiger partial charge in [-0.2, -0.15) is 0 Å². The smallest absolute Gasteiger partial charge is 0.410 e. The van der Waals surface area contributed by atoms with Crippen LogP contribution in [-0.4, -0.2) is 54.5 Å². The first-order valence-electron chi connectivity index (χ1n) is 8.07. The van der Waals surface area contributed by atoms with Crippen molar-refractivity contribution in [1.29, 1.82) is 0 Å². The second kappa shape index (κ2) is 8.53. The van der Waals surface area contributed by atoms with Crippen LogP contribution >= 0.6 is 0 Å². The lowest BCUT2D eigenvalue weighted by molar-refractivity contribution is -0.130. The number of hydrogen-bond acceptors (Lipinski definition) is 4. The third kappa shape index (κ3) is 4.96. The summed E-state index contributed by atoms with van der Waals surface area (Å²) in [6.45, 7) is 4.85. The molecule has 0 aliphatic carbocycles. The molecule has 0 spiro atoms. The molecular weight excluding hydrogens is 294 g/mol. The van der Waals surface area contributed by atoms with E-state index >= 15 is 0 Å². The van der Waals surface area contributed by atoms with Crippen molar-refractivity contribution in [3.05, 3.63) is 35.9 Å². The minimum absolute atomic E-state index is 0.0311. The second-order valence-corrected chi connectivity index (χ2v) is 5.78. The van der Waals surface area contributed by atoms with Crippen molar-refractivity contribution >= 4 is 12.0 Å². The van der Waals surface area contributed by atoms with E-state index in [2.05, 4.69) is 0 Å². The van der Waals surface area contributed by atoms with Crippen molar-refractivity contribution in [2.24, 2.45) is 11.7 Å². The molecule has 2 N–H and O–H groups in total. The van der Waals surface area contributed by atoms with Crippen molar-refractivity contribution in [2.75, 3.05) is 32.7 Å². The molecule has 1 heterocycles. The number of likely N-dealkylation sites (tertiary alicyclic amines) is 1. The molecule has 1 aliphatic heterocycles. The monoisotopic (exact) mass is 319 g/mol. The predicted octanol–water partition coefficient (Wildman–Crippen LogP) is 1.45. The molecule has 6 heteroatoms. The van der Waals surface area contributed by atoms with Gasteiger partial charge in [-0.3, -0.25) is 4.79 Å². The standard InChI is InChI=1S/C17H25N3O3/c1-2-19(16(21)10-18)11-15-8-9-20(12-15)17(22)23-13-14-6-4-3-5-7-14/h3-7,15H,2,8-13,18H2,1H3. The number of carbonyl (C=O) groups excluding carboxylic acids is 2. The van der Waals surface area contributed by atoms with Gasteiger partial charge in [0.2, 0.25) is 5.91 Å². The maximum Gasteiger partial charge on any atom is 0.410 e. The number of carbonyl (C=O) groups is 2. The lowest BCUT2D eigenvalue weighted by atomic mass is 10.1. The van der Waals surface area contributed by atoms with E-state index < -0.39 is 0 Å². The van der Waals surface area contributed by atoms with Gasteiger partial charge in [0.15, 0.2) is 0 Å². The summed E-state index contributed by atoms with van der Waals surface area (Å²) in [7, 11) is 0. The number of ether oxygens (including phenoxy) is 1. The van der Waals surface area contributed by atoms with Crippen LogP contribution in [0.2, 0.25) is 0 Å². The SMILES string of the molecule is CCN(CC1CCN(C(=O)OCc2ccccc2)C1)C(=O)CN. The van der Waals surface area contributed by atoms with Crippen LogP contribution in [0.5, 0.6) is 0 Å². The fourth-order valence-corrected chi connectivity index (χ4v) is 2.81. The Balaban J connectivity index is 1.77. The minimum Gasteiger partial charge on any atom is -0.445 e. The molecule has 0 aromatic heterocycles. The largest absolute Gasteiger partial charge is 0.445 e. The highest BCUT2D eigenvalue weighted by Gasteiger charge is 2.29. The highest BCUT2D eigenvalue weighted by Crippen LogP contribution is 2.19.